The Balaban J connectivity index is 3.53. The summed E-state index contributed by atoms with van der Waals surface area (Å²) in [7, 11) is -4.31. The van der Waals surface area contributed by atoms with Crippen LogP contribution in [0.4, 0.5) is 22.0 Å². The number of benzene rings is 1. The third-order valence-corrected chi connectivity index (χ3v) is 8.43. The lowest BCUT2D eigenvalue weighted by molar-refractivity contribution is 0.0474. The number of hydrogen-bond donors (Lipinski definition) is 1. The lowest BCUT2D eigenvalue weighted by Gasteiger charge is -2.39. The summed E-state index contributed by atoms with van der Waals surface area (Å²) in [5.74, 6) is -5.44. The molecule has 0 saturated heterocycles. The topological polar surface area (TPSA) is 20.2 Å². The van der Waals surface area contributed by atoms with Gasteiger partial charge in [0.05, 0.1) is 5.56 Å². The monoisotopic (exact) mass is 312 g/mol. The maximum atomic E-state index is 14.6. The Morgan fingerprint density at radius 3 is 1.80 bits per heavy atom. The molecule has 114 valence electrons. The molecule has 0 aromatic heterocycles. The van der Waals surface area contributed by atoms with Gasteiger partial charge in [-0.05, 0) is 23.2 Å². The van der Waals surface area contributed by atoms with Crippen molar-refractivity contribution in [3.05, 3.63) is 35.1 Å². The zero-order valence-corrected chi connectivity index (χ0v) is 12.6. The summed E-state index contributed by atoms with van der Waals surface area (Å²) in [6, 6.07) is 0.938. The van der Waals surface area contributed by atoms with E-state index in [-0.39, 0.29) is 0 Å². The molecular weight excluding hydrogens is 295 g/mol. The van der Waals surface area contributed by atoms with Crippen LogP contribution < -0.4 is 0 Å². The number of alkyl halides is 2. The molecule has 1 rings (SSSR count). The Hall–Kier alpha value is -0.953. The molecule has 1 aromatic rings. The molecule has 0 unspecified atom stereocenters. The van der Waals surface area contributed by atoms with Crippen LogP contribution in [0.2, 0.25) is 11.1 Å². The van der Waals surface area contributed by atoms with E-state index < -0.39 is 48.0 Å². The van der Waals surface area contributed by atoms with Crippen LogP contribution in [0.15, 0.2) is 12.1 Å². The molecule has 0 bridgehead atoms. The quantitative estimate of drug-likeness (QED) is 0.493. The minimum absolute atomic E-state index is 0.442. The second-order valence-corrected chi connectivity index (χ2v) is 10.0. The average Bonchev–Trinajstić information content (AvgIpc) is 2.33. The molecule has 0 heterocycles. The molecular formula is C13H17F5OSi. The van der Waals surface area contributed by atoms with Gasteiger partial charge in [-0.15, -0.1) is 0 Å². The fourth-order valence-electron chi connectivity index (χ4n) is 2.38. The molecule has 1 N–H and O–H groups in total. The Bertz CT molecular complexity index is 494. The third-order valence-electron chi connectivity index (χ3n) is 3.64. The van der Waals surface area contributed by atoms with Gasteiger partial charge in [0.15, 0.2) is 17.5 Å². The second kappa shape index (κ2) is 5.44. The van der Waals surface area contributed by atoms with Gasteiger partial charge >= 0.3 is 0 Å². The lowest BCUT2D eigenvalue weighted by Crippen LogP contribution is -2.56. The second-order valence-electron chi connectivity index (χ2n) is 5.43. The highest BCUT2D eigenvalue weighted by molar-refractivity contribution is 6.77. The molecule has 1 aromatic carbocycles. The van der Waals surface area contributed by atoms with Crippen LogP contribution in [-0.2, 0) is 5.55 Å². The van der Waals surface area contributed by atoms with Gasteiger partial charge in [0.2, 0.25) is 0 Å². The molecule has 0 atom stereocenters. The maximum absolute atomic E-state index is 14.6. The van der Waals surface area contributed by atoms with E-state index >= 15 is 0 Å². The highest BCUT2D eigenvalue weighted by atomic mass is 28.4. The van der Waals surface area contributed by atoms with Crippen molar-refractivity contribution in [2.75, 3.05) is 0 Å². The fourth-order valence-corrected chi connectivity index (χ4v) is 5.78. The van der Waals surface area contributed by atoms with Gasteiger partial charge in [0.25, 0.3) is 13.9 Å². The summed E-state index contributed by atoms with van der Waals surface area (Å²) in [6.07, 6.45) is 0. The largest absolute Gasteiger partial charge is 0.426 e. The van der Waals surface area contributed by atoms with Gasteiger partial charge in [-0.1, -0.05) is 27.7 Å². The van der Waals surface area contributed by atoms with Crippen molar-refractivity contribution in [1.29, 1.82) is 0 Å². The van der Waals surface area contributed by atoms with E-state index in [1.807, 2.05) is 0 Å². The van der Waals surface area contributed by atoms with Crippen molar-refractivity contribution in [2.24, 2.45) is 0 Å². The standard InChI is InChI=1S/C13H17F5OSi/c1-7(2)20(19,8(3)4)13(17,18)9-5-6-10(14)12(16)11(9)15/h5-8,19H,1-4H3. The van der Waals surface area contributed by atoms with E-state index in [9.17, 15) is 26.7 Å². The van der Waals surface area contributed by atoms with Gasteiger partial charge in [-0.25, -0.2) is 22.0 Å². The highest BCUT2D eigenvalue weighted by Crippen LogP contribution is 2.48. The first-order chi connectivity index (χ1) is 8.97. The summed E-state index contributed by atoms with van der Waals surface area (Å²) < 4.78 is 68.8. The van der Waals surface area contributed by atoms with E-state index in [4.69, 9.17) is 0 Å². The average molecular weight is 312 g/mol. The van der Waals surface area contributed by atoms with Crippen LogP contribution >= 0.6 is 0 Å². The van der Waals surface area contributed by atoms with Crippen molar-refractivity contribution in [2.45, 2.75) is 44.3 Å². The number of halogens is 5. The van der Waals surface area contributed by atoms with Crippen molar-refractivity contribution in [3.63, 3.8) is 0 Å². The van der Waals surface area contributed by atoms with Crippen molar-refractivity contribution in [3.8, 4) is 0 Å². The van der Waals surface area contributed by atoms with Gasteiger partial charge in [0.1, 0.15) is 0 Å². The molecule has 0 spiro atoms. The molecule has 0 saturated carbocycles. The predicted molar refractivity (Wildman–Crippen MR) is 68.4 cm³/mol. The summed E-state index contributed by atoms with van der Waals surface area (Å²) in [4.78, 5) is 10.4. The van der Waals surface area contributed by atoms with Crippen molar-refractivity contribution in [1.82, 2.24) is 0 Å². The van der Waals surface area contributed by atoms with Crippen LogP contribution in [0.3, 0.4) is 0 Å². The maximum Gasteiger partial charge on any atom is 0.284 e. The Morgan fingerprint density at radius 1 is 0.950 bits per heavy atom. The minimum atomic E-state index is -4.31. The normalized spacial score (nSPS) is 13.4. The fraction of sp³-hybridized carbons (Fsp3) is 0.538. The van der Waals surface area contributed by atoms with E-state index in [0.717, 1.165) is 0 Å². The Kier molecular flexibility index (Phi) is 4.65. The first-order valence-corrected chi connectivity index (χ1v) is 8.32. The van der Waals surface area contributed by atoms with Crippen LogP contribution in [-0.4, -0.2) is 13.1 Å². The van der Waals surface area contributed by atoms with E-state index in [1.54, 1.807) is 0 Å². The molecule has 0 aliphatic heterocycles. The molecule has 0 aliphatic rings. The van der Waals surface area contributed by atoms with Crippen LogP contribution in [0.25, 0.3) is 0 Å². The zero-order chi connectivity index (χ0) is 15.9. The summed E-state index contributed by atoms with van der Waals surface area (Å²) >= 11 is 0. The molecule has 0 radical (unpaired) electrons. The SMILES string of the molecule is CC(C)[Si](O)(C(C)C)C(F)(F)c1ccc(F)c(F)c1F. The third kappa shape index (κ3) is 2.37. The predicted octanol–water partition coefficient (Wildman–Crippen LogP) is 4.49. The Labute approximate surface area is 115 Å². The van der Waals surface area contributed by atoms with Crippen LogP contribution in [0, 0.1) is 17.5 Å². The minimum Gasteiger partial charge on any atom is -0.426 e. The van der Waals surface area contributed by atoms with Crippen LogP contribution in [0.5, 0.6) is 0 Å². The molecule has 20 heavy (non-hydrogen) atoms. The molecule has 1 nitrogen and oxygen atoms in total. The summed E-state index contributed by atoms with van der Waals surface area (Å²) in [5, 5.41) is 0. The summed E-state index contributed by atoms with van der Waals surface area (Å²) in [6.45, 7) is 5.66. The van der Waals surface area contributed by atoms with Gasteiger partial charge in [0, 0.05) is 0 Å². The van der Waals surface area contributed by atoms with Crippen molar-refractivity contribution >= 4 is 8.32 Å². The Morgan fingerprint density at radius 2 is 1.40 bits per heavy atom. The first-order valence-electron chi connectivity index (χ1n) is 6.22. The first kappa shape index (κ1) is 17.1. The van der Waals surface area contributed by atoms with Gasteiger partial charge < -0.3 is 4.80 Å². The molecule has 0 aliphatic carbocycles. The molecule has 0 fully saturated rings. The van der Waals surface area contributed by atoms with E-state index in [2.05, 4.69) is 0 Å². The summed E-state index contributed by atoms with van der Waals surface area (Å²) in [5.41, 5.74) is -6.78. The number of rotatable bonds is 4. The van der Waals surface area contributed by atoms with Crippen molar-refractivity contribution < 1.29 is 26.7 Å². The smallest absolute Gasteiger partial charge is 0.284 e. The highest BCUT2D eigenvalue weighted by Gasteiger charge is 2.61. The van der Waals surface area contributed by atoms with Gasteiger partial charge in [-0.2, -0.15) is 0 Å². The van der Waals surface area contributed by atoms with Crippen LogP contribution in [0.1, 0.15) is 33.3 Å². The zero-order valence-electron chi connectivity index (χ0n) is 11.6. The molecule has 0 amide bonds. The lowest BCUT2D eigenvalue weighted by atomic mass is 10.2. The number of hydrogen-bond acceptors (Lipinski definition) is 1. The van der Waals surface area contributed by atoms with Gasteiger partial charge in [-0.3, -0.25) is 0 Å². The molecule has 7 heteroatoms. The van der Waals surface area contributed by atoms with E-state index in [1.165, 1.54) is 27.7 Å². The van der Waals surface area contributed by atoms with E-state index in [0.29, 0.717) is 12.1 Å².